The monoisotopic (exact) mass is 635 g/mol. The molecule has 0 aromatic heterocycles. The van der Waals surface area contributed by atoms with Gasteiger partial charge in [0, 0.05) is 34.1 Å². The van der Waals surface area contributed by atoms with Crippen molar-refractivity contribution in [3.8, 4) is 0 Å². The molecule has 1 aliphatic rings. The van der Waals surface area contributed by atoms with Gasteiger partial charge in [-0.2, -0.15) is 0 Å². The Kier molecular flexibility index (Phi) is 10.6. The van der Waals surface area contributed by atoms with Gasteiger partial charge in [-0.05, 0) is 54.3 Å². The van der Waals surface area contributed by atoms with Crippen LogP contribution in [0.3, 0.4) is 0 Å². The summed E-state index contributed by atoms with van der Waals surface area (Å²) in [4.78, 5) is 29.4. The van der Waals surface area contributed by atoms with Gasteiger partial charge in [-0.3, -0.25) is 13.9 Å². The molecular formula is C30H32Cl3N3O4S. The SMILES string of the molecule is CS(=O)(=O)N(CC(=O)N(Cc1ccc(Cl)cc1)[C@H](Cc1ccccc1)C(=O)NC1CCCC1)c1cc(Cl)cc(Cl)c1. The van der Waals surface area contributed by atoms with E-state index in [4.69, 9.17) is 34.8 Å². The highest BCUT2D eigenvalue weighted by Gasteiger charge is 2.34. The topological polar surface area (TPSA) is 86.8 Å². The minimum atomic E-state index is -3.93. The molecule has 3 aromatic carbocycles. The molecule has 0 unspecified atom stereocenters. The number of halogens is 3. The number of hydrogen-bond acceptors (Lipinski definition) is 4. The molecular weight excluding hydrogens is 605 g/mol. The molecule has 41 heavy (non-hydrogen) atoms. The van der Waals surface area contributed by atoms with Crippen molar-refractivity contribution in [1.82, 2.24) is 10.2 Å². The van der Waals surface area contributed by atoms with Gasteiger partial charge in [0.15, 0.2) is 0 Å². The maximum absolute atomic E-state index is 14.1. The third kappa shape index (κ3) is 8.85. The third-order valence-corrected chi connectivity index (χ3v) is 8.88. The molecule has 7 nitrogen and oxygen atoms in total. The lowest BCUT2D eigenvalue weighted by atomic mass is 10.0. The number of sulfonamides is 1. The fraction of sp³-hybridized carbons (Fsp3) is 0.333. The van der Waals surface area contributed by atoms with Crippen LogP contribution >= 0.6 is 34.8 Å². The quantitative estimate of drug-likeness (QED) is 0.275. The number of hydrogen-bond donors (Lipinski definition) is 1. The van der Waals surface area contributed by atoms with Crippen molar-refractivity contribution < 1.29 is 18.0 Å². The number of anilines is 1. The molecule has 1 atom stereocenters. The lowest BCUT2D eigenvalue weighted by molar-refractivity contribution is -0.140. The molecule has 1 aliphatic carbocycles. The van der Waals surface area contributed by atoms with Gasteiger partial charge in [0.2, 0.25) is 21.8 Å². The van der Waals surface area contributed by atoms with E-state index in [-0.39, 0.29) is 40.6 Å². The Morgan fingerprint density at radius 1 is 0.878 bits per heavy atom. The molecule has 4 rings (SSSR count). The lowest BCUT2D eigenvalue weighted by Crippen LogP contribution is -2.54. The van der Waals surface area contributed by atoms with Crippen molar-refractivity contribution in [1.29, 1.82) is 0 Å². The van der Waals surface area contributed by atoms with Crippen molar-refractivity contribution in [3.63, 3.8) is 0 Å². The van der Waals surface area contributed by atoms with Crippen LogP contribution in [0.2, 0.25) is 15.1 Å². The highest BCUT2D eigenvalue weighted by molar-refractivity contribution is 7.92. The number of rotatable bonds is 11. The third-order valence-electron chi connectivity index (χ3n) is 7.05. The Balaban J connectivity index is 1.73. The summed E-state index contributed by atoms with van der Waals surface area (Å²) in [6.45, 7) is -0.482. The first-order valence-corrected chi connectivity index (χ1v) is 16.3. The predicted octanol–water partition coefficient (Wildman–Crippen LogP) is 6.11. The normalized spacial score (nSPS) is 14.4. The summed E-state index contributed by atoms with van der Waals surface area (Å²) in [7, 11) is -3.93. The van der Waals surface area contributed by atoms with Crippen molar-refractivity contribution in [2.45, 2.75) is 50.7 Å². The summed E-state index contributed by atoms with van der Waals surface area (Å²) in [5.41, 5.74) is 1.76. The Morgan fingerprint density at radius 3 is 2.07 bits per heavy atom. The number of amides is 2. The van der Waals surface area contributed by atoms with Crippen molar-refractivity contribution in [2.24, 2.45) is 0 Å². The first-order valence-electron chi connectivity index (χ1n) is 13.3. The zero-order valence-corrected chi connectivity index (χ0v) is 25.7. The zero-order chi connectivity index (χ0) is 29.6. The Hall–Kier alpha value is -2.78. The summed E-state index contributed by atoms with van der Waals surface area (Å²) in [6.07, 6.45) is 5.09. The van der Waals surface area contributed by atoms with Gasteiger partial charge in [0.05, 0.1) is 11.9 Å². The van der Waals surface area contributed by atoms with Gasteiger partial charge in [0.1, 0.15) is 12.6 Å². The van der Waals surface area contributed by atoms with E-state index < -0.39 is 28.5 Å². The minimum absolute atomic E-state index is 0.0365. The molecule has 1 saturated carbocycles. The van der Waals surface area contributed by atoms with Gasteiger partial charge < -0.3 is 10.2 Å². The van der Waals surface area contributed by atoms with Crippen LogP contribution in [0, 0.1) is 0 Å². The van der Waals surface area contributed by atoms with Crippen molar-refractivity contribution in [3.05, 3.63) is 99.0 Å². The first-order chi connectivity index (χ1) is 19.5. The Morgan fingerprint density at radius 2 is 1.49 bits per heavy atom. The molecule has 1 N–H and O–H groups in total. The molecule has 1 fully saturated rings. The van der Waals surface area contributed by atoms with Crippen LogP contribution in [0.1, 0.15) is 36.8 Å². The zero-order valence-electron chi connectivity index (χ0n) is 22.6. The standard InChI is InChI=1S/C30H32Cl3N3O4S/c1-41(39,40)36(27-17-24(32)16-25(33)18-27)20-29(37)35(19-22-11-13-23(31)14-12-22)28(15-21-7-3-2-4-8-21)30(38)34-26-9-5-6-10-26/h2-4,7-8,11-14,16-18,26,28H,5-6,9-10,15,19-20H2,1H3,(H,34,38)/t28-/m1/s1. The number of carbonyl (C=O) groups excluding carboxylic acids is 2. The van der Waals surface area contributed by atoms with Crippen LogP contribution < -0.4 is 9.62 Å². The maximum Gasteiger partial charge on any atom is 0.244 e. The van der Waals surface area contributed by atoms with E-state index >= 15 is 0 Å². The molecule has 3 aromatic rings. The molecule has 0 radical (unpaired) electrons. The lowest BCUT2D eigenvalue weighted by Gasteiger charge is -2.34. The average molecular weight is 637 g/mol. The summed E-state index contributed by atoms with van der Waals surface area (Å²) in [6, 6.07) is 19.9. The maximum atomic E-state index is 14.1. The smallest absolute Gasteiger partial charge is 0.244 e. The number of benzene rings is 3. The van der Waals surface area contributed by atoms with Crippen LogP contribution in [0.5, 0.6) is 0 Å². The van der Waals surface area contributed by atoms with Gasteiger partial charge in [-0.15, -0.1) is 0 Å². The van der Waals surface area contributed by atoms with Gasteiger partial charge in [0.25, 0.3) is 0 Å². The number of nitrogens with one attached hydrogen (secondary N) is 1. The van der Waals surface area contributed by atoms with E-state index in [9.17, 15) is 18.0 Å². The Labute approximate surface area is 256 Å². The van der Waals surface area contributed by atoms with E-state index in [0.717, 1.165) is 47.4 Å². The second kappa shape index (κ2) is 13.9. The van der Waals surface area contributed by atoms with Crippen molar-refractivity contribution >= 4 is 62.3 Å². The molecule has 0 spiro atoms. The van der Waals surface area contributed by atoms with Gasteiger partial charge >= 0.3 is 0 Å². The predicted molar refractivity (Wildman–Crippen MR) is 165 cm³/mol. The molecule has 2 amide bonds. The van der Waals surface area contributed by atoms with Crippen LogP contribution in [-0.2, 0) is 32.6 Å². The largest absolute Gasteiger partial charge is 0.352 e. The summed E-state index contributed by atoms with van der Waals surface area (Å²) in [5, 5.41) is 4.13. The fourth-order valence-electron chi connectivity index (χ4n) is 5.00. The highest BCUT2D eigenvalue weighted by Crippen LogP contribution is 2.28. The molecule has 0 heterocycles. The van der Waals surface area contributed by atoms with E-state index in [1.54, 1.807) is 24.3 Å². The van der Waals surface area contributed by atoms with Crippen LogP contribution in [0.15, 0.2) is 72.8 Å². The second-order valence-electron chi connectivity index (χ2n) is 10.2. The van der Waals surface area contributed by atoms with Crippen LogP contribution in [0.4, 0.5) is 5.69 Å². The number of carbonyl (C=O) groups is 2. The summed E-state index contributed by atoms with van der Waals surface area (Å²) in [5.74, 6) is -0.830. The van der Waals surface area contributed by atoms with Crippen LogP contribution in [0.25, 0.3) is 0 Å². The average Bonchev–Trinajstić information content (AvgIpc) is 3.42. The summed E-state index contributed by atoms with van der Waals surface area (Å²) >= 11 is 18.4. The molecule has 0 bridgehead atoms. The van der Waals surface area contributed by atoms with E-state index in [1.165, 1.54) is 23.1 Å². The van der Waals surface area contributed by atoms with Crippen LogP contribution in [-0.4, -0.2) is 50.0 Å². The minimum Gasteiger partial charge on any atom is -0.352 e. The molecule has 0 saturated heterocycles. The second-order valence-corrected chi connectivity index (χ2v) is 13.5. The van der Waals surface area contributed by atoms with E-state index in [0.29, 0.717) is 5.02 Å². The first kappa shape index (κ1) is 31.2. The van der Waals surface area contributed by atoms with Gasteiger partial charge in [-0.25, -0.2) is 8.42 Å². The van der Waals surface area contributed by atoms with E-state index in [2.05, 4.69) is 5.32 Å². The van der Waals surface area contributed by atoms with Crippen molar-refractivity contribution in [2.75, 3.05) is 17.1 Å². The summed E-state index contributed by atoms with van der Waals surface area (Å²) < 4.78 is 26.8. The fourth-order valence-corrected chi connectivity index (χ4v) is 6.48. The molecule has 0 aliphatic heterocycles. The van der Waals surface area contributed by atoms with Gasteiger partial charge in [-0.1, -0.05) is 90.1 Å². The molecule has 11 heteroatoms. The number of nitrogens with zero attached hydrogens (tertiary/aromatic N) is 2. The molecule has 218 valence electrons. The highest BCUT2D eigenvalue weighted by atomic mass is 35.5. The van der Waals surface area contributed by atoms with E-state index in [1.807, 2.05) is 30.3 Å². The Bertz CT molecular complexity index is 1440.